The molecule has 124 valence electrons. The fraction of sp³-hybridized carbons (Fsp3) is 0.562. The molecule has 2 aromatic rings. The van der Waals surface area contributed by atoms with Crippen molar-refractivity contribution in [2.24, 2.45) is 0 Å². The topological polar surface area (TPSA) is 54.3 Å². The van der Waals surface area contributed by atoms with Crippen LogP contribution in [-0.4, -0.2) is 56.4 Å². The smallest absolute Gasteiger partial charge is 0.265 e. The molecular formula is C16H23N5OS. The molecule has 0 saturated carbocycles. The Morgan fingerprint density at radius 2 is 2.13 bits per heavy atom. The molecule has 6 nitrogen and oxygen atoms in total. The molecule has 0 bridgehead atoms. The molecule has 1 saturated heterocycles. The molecule has 23 heavy (non-hydrogen) atoms. The van der Waals surface area contributed by atoms with E-state index in [2.05, 4.69) is 26.4 Å². The first-order valence-electron chi connectivity index (χ1n) is 8.11. The van der Waals surface area contributed by atoms with E-state index in [1.54, 1.807) is 6.20 Å². The number of hydrogen-bond acceptors (Lipinski definition) is 5. The zero-order chi connectivity index (χ0) is 16.2. The first-order valence-corrected chi connectivity index (χ1v) is 8.93. The van der Waals surface area contributed by atoms with Crippen molar-refractivity contribution >= 4 is 17.2 Å². The van der Waals surface area contributed by atoms with Crippen molar-refractivity contribution in [3.8, 4) is 0 Å². The normalized spacial score (nSPS) is 16.5. The van der Waals surface area contributed by atoms with Crippen LogP contribution in [0.25, 0.3) is 0 Å². The summed E-state index contributed by atoms with van der Waals surface area (Å²) in [6.07, 6.45) is 6.58. The van der Waals surface area contributed by atoms with E-state index >= 15 is 0 Å². The van der Waals surface area contributed by atoms with Gasteiger partial charge in [-0.2, -0.15) is 0 Å². The van der Waals surface area contributed by atoms with Gasteiger partial charge >= 0.3 is 0 Å². The zero-order valence-corrected chi connectivity index (χ0v) is 14.6. The molecule has 3 heterocycles. The van der Waals surface area contributed by atoms with Gasteiger partial charge in [-0.05, 0) is 20.3 Å². The quantitative estimate of drug-likeness (QED) is 0.859. The van der Waals surface area contributed by atoms with Crippen LogP contribution < -0.4 is 0 Å². The predicted octanol–water partition coefficient (Wildman–Crippen LogP) is 2.02. The molecule has 1 fully saturated rings. The number of nitrogens with zero attached hydrogens (tertiary/aromatic N) is 5. The fourth-order valence-electron chi connectivity index (χ4n) is 2.93. The van der Waals surface area contributed by atoms with Crippen molar-refractivity contribution in [2.45, 2.75) is 33.4 Å². The van der Waals surface area contributed by atoms with Gasteiger partial charge < -0.3 is 9.47 Å². The van der Waals surface area contributed by atoms with Gasteiger partial charge in [0, 0.05) is 45.1 Å². The molecule has 0 unspecified atom stereocenters. The van der Waals surface area contributed by atoms with Crippen LogP contribution in [0.4, 0.5) is 0 Å². The van der Waals surface area contributed by atoms with Gasteiger partial charge in [-0.25, -0.2) is 9.97 Å². The van der Waals surface area contributed by atoms with Crippen LogP contribution in [0.5, 0.6) is 0 Å². The lowest BCUT2D eigenvalue weighted by Crippen LogP contribution is -2.35. The molecule has 1 aliphatic rings. The number of aromatic nitrogens is 3. The van der Waals surface area contributed by atoms with Crippen molar-refractivity contribution in [1.82, 2.24) is 24.3 Å². The molecule has 7 heteroatoms. The van der Waals surface area contributed by atoms with Gasteiger partial charge in [0.2, 0.25) is 0 Å². The Balaban J connectivity index is 1.60. The van der Waals surface area contributed by atoms with Gasteiger partial charge in [0.1, 0.15) is 10.7 Å². The van der Waals surface area contributed by atoms with E-state index in [9.17, 15) is 4.79 Å². The minimum Gasteiger partial charge on any atom is -0.337 e. The van der Waals surface area contributed by atoms with Crippen LogP contribution in [0.1, 0.15) is 33.8 Å². The molecule has 0 atom stereocenters. The van der Waals surface area contributed by atoms with Crippen LogP contribution in [0.2, 0.25) is 0 Å². The Bertz CT molecular complexity index is 665. The lowest BCUT2D eigenvalue weighted by Gasteiger charge is -2.21. The number of thiazole rings is 1. The maximum atomic E-state index is 12.6. The monoisotopic (exact) mass is 333 g/mol. The second-order valence-electron chi connectivity index (χ2n) is 5.79. The number of carbonyl (C=O) groups excluding carboxylic acids is 1. The van der Waals surface area contributed by atoms with Crippen molar-refractivity contribution < 1.29 is 4.79 Å². The van der Waals surface area contributed by atoms with E-state index in [1.165, 1.54) is 11.3 Å². The van der Waals surface area contributed by atoms with Crippen LogP contribution in [-0.2, 0) is 13.1 Å². The summed E-state index contributed by atoms with van der Waals surface area (Å²) in [5.41, 5.74) is 0. The molecule has 0 N–H and O–H groups in total. The Morgan fingerprint density at radius 1 is 1.26 bits per heavy atom. The molecule has 0 aromatic carbocycles. The molecule has 0 radical (unpaired) electrons. The zero-order valence-electron chi connectivity index (χ0n) is 13.7. The average molecular weight is 333 g/mol. The summed E-state index contributed by atoms with van der Waals surface area (Å²) in [7, 11) is 0. The summed E-state index contributed by atoms with van der Waals surface area (Å²) < 4.78 is 2.17. The molecule has 1 amide bonds. The Hall–Kier alpha value is -1.73. The Labute approximate surface area is 140 Å². The van der Waals surface area contributed by atoms with Gasteiger partial charge in [0.25, 0.3) is 5.91 Å². The third-order valence-corrected chi connectivity index (χ3v) is 5.12. The van der Waals surface area contributed by atoms with Gasteiger partial charge in [0.15, 0.2) is 0 Å². The van der Waals surface area contributed by atoms with E-state index in [4.69, 9.17) is 0 Å². The van der Waals surface area contributed by atoms with Crippen LogP contribution in [0.3, 0.4) is 0 Å². The van der Waals surface area contributed by atoms with E-state index in [1.807, 2.05) is 24.2 Å². The van der Waals surface area contributed by atoms with E-state index < -0.39 is 0 Å². The lowest BCUT2D eigenvalue weighted by atomic mass is 10.3. The number of carbonyl (C=O) groups is 1. The molecule has 3 rings (SSSR count). The number of imidazole rings is 1. The van der Waals surface area contributed by atoms with Gasteiger partial charge in [0.05, 0.1) is 17.7 Å². The highest BCUT2D eigenvalue weighted by Crippen LogP contribution is 2.16. The maximum Gasteiger partial charge on any atom is 0.265 e. The molecule has 1 aliphatic heterocycles. The van der Waals surface area contributed by atoms with Crippen molar-refractivity contribution in [3.05, 3.63) is 34.3 Å². The predicted molar refractivity (Wildman–Crippen MR) is 90.5 cm³/mol. The van der Waals surface area contributed by atoms with Crippen molar-refractivity contribution in [3.63, 3.8) is 0 Å². The number of amides is 1. The SMILES string of the molecule is CCn1ccnc1CN1CCCN(C(=O)c2cnc(C)s2)CC1. The van der Waals surface area contributed by atoms with Crippen molar-refractivity contribution in [1.29, 1.82) is 0 Å². The Kier molecular flexibility index (Phi) is 5.07. The van der Waals surface area contributed by atoms with Crippen LogP contribution >= 0.6 is 11.3 Å². The third-order valence-electron chi connectivity index (χ3n) is 4.22. The van der Waals surface area contributed by atoms with Gasteiger partial charge in [-0.3, -0.25) is 9.69 Å². The number of rotatable bonds is 4. The summed E-state index contributed by atoms with van der Waals surface area (Å²) in [5, 5.41) is 0.941. The van der Waals surface area contributed by atoms with Crippen molar-refractivity contribution in [2.75, 3.05) is 26.2 Å². The molecule has 0 aliphatic carbocycles. The first-order chi connectivity index (χ1) is 11.2. The third kappa shape index (κ3) is 3.79. The number of hydrogen-bond donors (Lipinski definition) is 0. The van der Waals surface area contributed by atoms with Crippen LogP contribution in [0.15, 0.2) is 18.6 Å². The summed E-state index contributed by atoms with van der Waals surface area (Å²) >= 11 is 1.48. The maximum absolute atomic E-state index is 12.6. The number of aryl methyl sites for hydroxylation is 2. The summed E-state index contributed by atoms with van der Waals surface area (Å²) in [4.78, 5) is 26.3. The van der Waals surface area contributed by atoms with E-state index in [0.717, 1.165) is 61.4 Å². The largest absolute Gasteiger partial charge is 0.337 e. The summed E-state index contributed by atoms with van der Waals surface area (Å²) in [6.45, 7) is 9.33. The van der Waals surface area contributed by atoms with E-state index in [0.29, 0.717) is 0 Å². The minimum absolute atomic E-state index is 0.118. The van der Waals surface area contributed by atoms with E-state index in [-0.39, 0.29) is 5.91 Å². The average Bonchev–Trinajstić information content (AvgIpc) is 3.11. The minimum atomic E-state index is 0.118. The summed E-state index contributed by atoms with van der Waals surface area (Å²) in [5.74, 6) is 1.22. The highest BCUT2D eigenvalue weighted by molar-refractivity contribution is 7.13. The Morgan fingerprint density at radius 3 is 2.87 bits per heavy atom. The second-order valence-corrected chi connectivity index (χ2v) is 7.03. The highest BCUT2D eigenvalue weighted by atomic mass is 32.1. The molecule has 0 spiro atoms. The molecule has 2 aromatic heterocycles. The fourth-order valence-corrected chi connectivity index (χ4v) is 3.67. The summed E-state index contributed by atoms with van der Waals surface area (Å²) in [6, 6.07) is 0. The van der Waals surface area contributed by atoms with Gasteiger partial charge in [-0.1, -0.05) is 0 Å². The standard InChI is InChI=1S/C16H23N5OS/c1-3-20-8-5-17-15(20)12-19-6-4-7-21(10-9-19)16(22)14-11-18-13(2)23-14/h5,8,11H,3-4,6-7,9-10,12H2,1-2H3. The highest BCUT2D eigenvalue weighted by Gasteiger charge is 2.22. The molecular weight excluding hydrogens is 310 g/mol. The first kappa shape index (κ1) is 16.1. The van der Waals surface area contributed by atoms with Crippen LogP contribution in [0, 0.1) is 6.92 Å². The lowest BCUT2D eigenvalue weighted by molar-refractivity contribution is 0.0765. The van der Waals surface area contributed by atoms with Gasteiger partial charge in [-0.15, -0.1) is 11.3 Å². The second kappa shape index (κ2) is 7.23.